The zero-order valence-electron chi connectivity index (χ0n) is 7.09. The maximum atomic E-state index is 11.4. The Morgan fingerprint density at radius 1 is 1.83 bits per heavy atom. The summed E-state index contributed by atoms with van der Waals surface area (Å²) >= 11 is 2.10. The van der Waals surface area contributed by atoms with Crippen LogP contribution in [0.2, 0.25) is 0 Å². The van der Waals surface area contributed by atoms with Crippen molar-refractivity contribution in [3.63, 3.8) is 0 Å². The molecule has 0 radical (unpaired) electrons. The Bertz CT molecular complexity index is 226. The van der Waals surface area contributed by atoms with E-state index in [1.807, 2.05) is 0 Å². The van der Waals surface area contributed by atoms with E-state index in [1.165, 1.54) is 6.92 Å². The van der Waals surface area contributed by atoms with Gasteiger partial charge in [-0.15, -0.1) is 0 Å². The van der Waals surface area contributed by atoms with E-state index in [1.54, 1.807) is 6.92 Å². The second-order valence-corrected chi connectivity index (χ2v) is 3.97. The number of halogens is 1. The highest BCUT2D eigenvalue weighted by Crippen LogP contribution is 2.28. The minimum absolute atomic E-state index is 0.0390. The fraction of sp³-hybridized carbons (Fsp3) is 0.750. The maximum absolute atomic E-state index is 11.4. The van der Waals surface area contributed by atoms with Crippen molar-refractivity contribution in [3.8, 4) is 0 Å². The van der Waals surface area contributed by atoms with Crippen LogP contribution >= 0.6 is 22.6 Å². The molecule has 4 heteroatoms. The first-order chi connectivity index (χ1) is 5.49. The summed E-state index contributed by atoms with van der Waals surface area (Å²) in [6.45, 7) is 3.20. The lowest BCUT2D eigenvalue weighted by Crippen LogP contribution is -2.34. The Labute approximate surface area is 85.0 Å². The molecule has 0 spiro atoms. The van der Waals surface area contributed by atoms with Crippen molar-refractivity contribution in [2.75, 3.05) is 4.43 Å². The lowest BCUT2D eigenvalue weighted by atomic mass is 10.0. The molecule has 2 atom stereocenters. The van der Waals surface area contributed by atoms with Crippen molar-refractivity contribution in [2.45, 2.75) is 32.0 Å². The van der Waals surface area contributed by atoms with Gasteiger partial charge in [-0.2, -0.15) is 0 Å². The third kappa shape index (κ3) is 1.69. The summed E-state index contributed by atoms with van der Waals surface area (Å²) in [6.07, 6.45) is -0.258. The van der Waals surface area contributed by atoms with Crippen molar-refractivity contribution < 1.29 is 14.3 Å². The third-order valence-electron chi connectivity index (χ3n) is 2.07. The van der Waals surface area contributed by atoms with E-state index < -0.39 is 11.7 Å². The molecule has 0 saturated carbocycles. The van der Waals surface area contributed by atoms with Crippen LogP contribution in [0.25, 0.3) is 0 Å². The van der Waals surface area contributed by atoms with E-state index in [2.05, 4.69) is 22.6 Å². The minimum atomic E-state index is -0.725. The number of hydrogen-bond donors (Lipinski definition) is 0. The smallest absolute Gasteiger partial charge is 0.168 e. The molecule has 68 valence electrons. The summed E-state index contributed by atoms with van der Waals surface area (Å²) in [5, 5.41) is 0. The van der Waals surface area contributed by atoms with Gasteiger partial charge >= 0.3 is 0 Å². The number of rotatable bonds is 2. The fourth-order valence-corrected chi connectivity index (χ4v) is 1.74. The number of Topliss-reactive ketones (excluding diaryl/α,β-unsaturated/α-hetero) is 2. The van der Waals surface area contributed by atoms with Gasteiger partial charge < -0.3 is 4.74 Å². The highest BCUT2D eigenvalue weighted by Gasteiger charge is 2.44. The Morgan fingerprint density at radius 2 is 2.42 bits per heavy atom. The summed E-state index contributed by atoms with van der Waals surface area (Å²) < 4.78 is 5.97. The quantitative estimate of drug-likeness (QED) is 0.563. The summed E-state index contributed by atoms with van der Waals surface area (Å²) in [6, 6.07) is 0. The second-order valence-electron chi connectivity index (χ2n) is 3.21. The molecule has 3 nitrogen and oxygen atoms in total. The van der Waals surface area contributed by atoms with Gasteiger partial charge in [-0.25, -0.2) is 0 Å². The molecule has 0 amide bonds. The van der Waals surface area contributed by atoms with Crippen molar-refractivity contribution >= 4 is 34.2 Å². The van der Waals surface area contributed by atoms with Crippen molar-refractivity contribution in [1.29, 1.82) is 0 Å². The highest BCUT2D eigenvalue weighted by molar-refractivity contribution is 14.1. The summed E-state index contributed by atoms with van der Waals surface area (Å²) in [7, 11) is 0. The Balaban J connectivity index is 2.75. The second kappa shape index (κ2) is 3.41. The van der Waals surface area contributed by atoms with Crippen LogP contribution in [0.4, 0.5) is 0 Å². The van der Waals surface area contributed by atoms with E-state index in [-0.39, 0.29) is 18.0 Å². The van der Waals surface area contributed by atoms with E-state index in [0.717, 1.165) is 0 Å². The van der Waals surface area contributed by atoms with Crippen molar-refractivity contribution in [1.82, 2.24) is 0 Å². The van der Waals surface area contributed by atoms with Crippen LogP contribution in [-0.2, 0) is 14.3 Å². The minimum Gasteiger partial charge on any atom is -0.355 e. The molecular formula is C8H11IO3. The Hall–Kier alpha value is 0.0300. The van der Waals surface area contributed by atoms with E-state index in [9.17, 15) is 9.59 Å². The Kier molecular flexibility index (Phi) is 2.88. The zero-order valence-corrected chi connectivity index (χ0v) is 9.25. The monoisotopic (exact) mass is 282 g/mol. The molecule has 0 aromatic heterocycles. The first-order valence-corrected chi connectivity index (χ1v) is 5.29. The Morgan fingerprint density at radius 3 is 2.67 bits per heavy atom. The standard InChI is InChI=1S/C8H11IO3/c1-5(10)6-3-7(11)8(2,4-9)12-6/h6H,3-4H2,1-2H3/t6-,8-/m1/s1. The molecule has 0 N–H and O–H groups in total. The van der Waals surface area contributed by atoms with Gasteiger partial charge in [0.1, 0.15) is 11.7 Å². The van der Waals surface area contributed by atoms with Gasteiger partial charge in [-0.1, -0.05) is 22.6 Å². The molecule has 1 aliphatic rings. The number of alkyl halides is 1. The number of carbonyl (C=O) groups excluding carboxylic acids is 2. The molecule has 1 aliphatic heterocycles. The van der Waals surface area contributed by atoms with Crippen molar-refractivity contribution in [2.24, 2.45) is 0 Å². The van der Waals surface area contributed by atoms with Crippen molar-refractivity contribution in [3.05, 3.63) is 0 Å². The van der Waals surface area contributed by atoms with Crippen LogP contribution in [0.5, 0.6) is 0 Å². The molecular weight excluding hydrogens is 271 g/mol. The van der Waals surface area contributed by atoms with E-state index in [4.69, 9.17) is 4.74 Å². The molecule has 0 aromatic carbocycles. The number of hydrogen-bond acceptors (Lipinski definition) is 3. The number of carbonyl (C=O) groups is 2. The largest absolute Gasteiger partial charge is 0.355 e. The van der Waals surface area contributed by atoms with E-state index in [0.29, 0.717) is 4.43 Å². The lowest BCUT2D eigenvalue weighted by molar-refractivity contribution is -0.134. The first-order valence-electron chi connectivity index (χ1n) is 3.77. The first kappa shape index (κ1) is 10.1. The average Bonchev–Trinajstić information content (AvgIpc) is 2.30. The van der Waals surface area contributed by atoms with Gasteiger partial charge in [-0.3, -0.25) is 9.59 Å². The molecule has 0 bridgehead atoms. The predicted octanol–water partition coefficient (Wildman–Crippen LogP) is 1.13. The molecule has 1 saturated heterocycles. The molecule has 12 heavy (non-hydrogen) atoms. The van der Waals surface area contributed by atoms with Gasteiger partial charge in [0.2, 0.25) is 0 Å². The normalized spacial score (nSPS) is 35.6. The number of ketones is 2. The highest BCUT2D eigenvalue weighted by atomic mass is 127. The number of ether oxygens (including phenoxy) is 1. The molecule has 0 aliphatic carbocycles. The van der Waals surface area contributed by atoms with Gasteiger partial charge in [0.25, 0.3) is 0 Å². The fourth-order valence-electron chi connectivity index (χ4n) is 1.14. The average molecular weight is 282 g/mol. The molecule has 1 rings (SSSR count). The SMILES string of the molecule is CC(=O)[C@H]1CC(=O)[C@@](C)(CI)O1. The predicted molar refractivity (Wildman–Crippen MR) is 52.5 cm³/mol. The van der Waals surface area contributed by atoms with Crippen LogP contribution < -0.4 is 0 Å². The molecule has 0 aromatic rings. The van der Waals surface area contributed by atoms with Gasteiger partial charge in [0, 0.05) is 10.8 Å². The topological polar surface area (TPSA) is 43.4 Å². The summed E-state index contributed by atoms with van der Waals surface area (Å²) in [4.78, 5) is 22.3. The molecule has 1 heterocycles. The third-order valence-corrected chi connectivity index (χ3v) is 3.53. The van der Waals surface area contributed by atoms with Gasteiger partial charge in [0.05, 0.1) is 0 Å². The van der Waals surface area contributed by atoms with Crippen LogP contribution in [0, 0.1) is 0 Å². The van der Waals surface area contributed by atoms with E-state index >= 15 is 0 Å². The van der Waals surface area contributed by atoms with Crippen LogP contribution in [0.3, 0.4) is 0 Å². The summed E-state index contributed by atoms with van der Waals surface area (Å²) in [5.41, 5.74) is -0.725. The van der Waals surface area contributed by atoms with Crippen LogP contribution in [-0.4, -0.2) is 27.7 Å². The van der Waals surface area contributed by atoms with Gasteiger partial charge in [-0.05, 0) is 13.8 Å². The van der Waals surface area contributed by atoms with Gasteiger partial charge in [0.15, 0.2) is 11.6 Å². The zero-order chi connectivity index (χ0) is 9.35. The summed E-state index contributed by atoms with van der Waals surface area (Å²) in [5.74, 6) is -0.0194. The lowest BCUT2D eigenvalue weighted by Gasteiger charge is -2.19. The maximum Gasteiger partial charge on any atom is 0.168 e. The molecule has 0 unspecified atom stereocenters. The molecule has 1 fully saturated rings. The van der Waals surface area contributed by atoms with Crippen LogP contribution in [0.1, 0.15) is 20.3 Å². The van der Waals surface area contributed by atoms with Crippen LogP contribution in [0.15, 0.2) is 0 Å².